The van der Waals surface area contributed by atoms with E-state index in [2.05, 4.69) is 4.98 Å². The number of carbonyl (C=O) groups excluding carboxylic acids is 1. The van der Waals surface area contributed by atoms with Gasteiger partial charge in [-0.3, -0.25) is 14.7 Å². The Kier molecular flexibility index (Phi) is 9.26. The Balaban J connectivity index is 1.29. The number of carbonyl (C=O) groups is 1. The van der Waals surface area contributed by atoms with Gasteiger partial charge in [-0.25, -0.2) is 4.39 Å². The SMILES string of the molecule is NC(O)CC1CCCN1C(=O)c1ccc(-c2ccc(OCC3CCN(CC(F)(F)C(F)(F)F)CC3)cn2)c(F)c1. The van der Waals surface area contributed by atoms with Gasteiger partial charge < -0.3 is 20.5 Å². The van der Waals surface area contributed by atoms with Gasteiger partial charge >= 0.3 is 12.1 Å². The third-order valence-corrected chi connectivity index (χ3v) is 7.41. The normalized spacial score (nSPS) is 20.1. The maximum atomic E-state index is 15.0. The Bertz CT molecular complexity index is 1150. The minimum atomic E-state index is -5.57. The molecule has 220 valence electrons. The number of rotatable bonds is 9. The third-order valence-electron chi connectivity index (χ3n) is 7.41. The number of hydrogen-bond donors (Lipinski definition) is 2. The van der Waals surface area contributed by atoms with Crippen molar-refractivity contribution in [2.75, 3.05) is 32.8 Å². The van der Waals surface area contributed by atoms with E-state index in [1.165, 1.54) is 18.3 Å². The molecule has 0 aliphatic carbocycles. The molecule has 1 aromatic heterocycles. The molecule has 2 fully saturated rings. The number of benzene rings is 1. The zero-order chi connectivity index (χ0) is 29.1. The average molecular weight is 575 g/mol. The number of pyridine rings is 1. The topological polar surface area (TPSA) is 91.9 Å². The first-order chi connectivity index (χ1) is 18.8. The van der Waals surface area contributed by atoms with Crippen LogP contribution in [0.15, 0.2) is 36.5 Å². The van der Waals surface area contributed by atoms with Crippen molar-refractivity contribution < 1.29 is 41.0 Å². The van der Waals surface area contributed by atoms with E-state index in [0.717, 1.165) is 23.8 Å². The van der Waals surface area contributed by atoms with Crippen LogP contribution in [-0.2, 0) is 0 Å². The number of nitrogens with zero attached hydrogens (tertiary/aromatic N) is 3. The third kappa shape index (κ3) is 7.24. The summed E-state index contributed by atoms with van der Waals surface area (Å²) in [5, 5.41) is 9.48. The Morgan fingerprint density at radius 1 is 1.10 bits per heavy atom. The van der Waals surface area contributed by atoms with Gasteiger partial charge in [0.2, 0.25) is 0 Å². The smallest absolute Gasteiger partial charge is 0.454 e. The number of hydrogen-bond acceptors (Lipinski definition) is 6. The predicted molar refractivity (Wildman–Crippen MR) is 134 cm³/mol. The highest BCUT2D eigenvalue weighted by Crippen LogP contribution is 2.37. The van der Waals surface area contributed by atoms with Crippen LogP contribution in [0.4, 0.5) is 26.3 Å². The fraction of sp³-hybridized carbons (Fsp3) is 0.556. The summed E-state index contributed by atoms with van der Waals surface area (Å²) in [6.07, 6.45) is -2.59. The zero-order valence-corrected chi connectivity index (χ0v) is 21.7. The molecule has 3 N–H and O–H groups in total. The first-order valence-corrected chi connectivity index (χ1v) is 13.1. The highest BCUT2D eigenvalue weighted by atomic mass is 19.4. The average Bonchev–Trinajstić information content (AvgIpc) is 3.34. The lowest BCUT2D eigenvalue weighted by atomic mass is 9.97. The second-order valence-corrected chi connectivity index (χ2v) is 10.4. The van der Waals surface area contributed by atoms with E-state index in [4.69, 9.17) is 10.5 Å². The molecule has 2 saturated heterocycles. The number of likely N-dealkylation sites (tertiary alicyclic amines) is 2. The van der Waals surface area contributed by atoms with Gasteiger partial charge in [0.25, 0.3) is 5.91 Å². The van der Waals surface area contributed by atoms with Crippen LogP contribution in [0.5, 0.6) is 5.75 Å². The van der Waals surface area contributed by atoms with Crippen LogP contribution in [0.2, 0.25) is 0 Å². The number of piperidine rings is 1. The largest absolute Gasteiger partial charge is 0.492 e. The molecule has 2 aliphatic rings. The van der Waals surface area contributed by atoms with Crippen molar-refractivity contribution in [3.63, 3.8) is 0 Å². The van der Waals surface area contributed by atoms with Crippen LogP contribution in [0.3, 0.4) is 0 Å². The number of nitrogens with two attached hydrogens (primary N) is 1. The molecule has 0 bridgehead atoms. The number of aromatic nitrogens is 1. The Morgan fingerprint density at radius 2 is 1.82 bits per heavy atom. The molecule has 13 heteroatoms. The van der Waals surface area contributed by atoms with Gasteiger partial charge in [-0.1, -0.05) is 0 Å². The Hall–Kier alpha value is -2.90. The first-order valence-electron chi connectivity index (χ1n) is 13.1. The number of aliphatic hydroxyl groups is 1. The summed E-state index contributed by atoms with van der Waals surface area (Å²) < 4.78 is 84.6. The van der Waals surface area contributed by atoms with Gasteiger partial charge in [0, 0.05) is 30.1 Å². The fourth-order valence-corrected chi connectivity index (χ4v) is 5.17. The molecule has 2 aromatic rings. The summed E-state index contributed by atoms with van der Waals surface area (Å²) in [5.74, 6) is -5.30. The van der Waals surface area contributed by atoms with E-state index in [-0.39, 0.29) is 55.1 Å². The lowest BCUT2D eigenvalue weighted by Gasteiger charge is -2.34. The van der Waals surface area contributed by atoms with Crippen molar-refractivity contribution in [2.45, 2.75) is 56.5 Å². The van der Waals surface area contributed by atoms with Gasteiger partial charge in [-0.2, -0.15) is 22.0 Å². The van der Waals surface area contributed by atoms with Crippen molar-refractivity contribution in [1.82, 2.24) is 14.8 Å². The van der Waals surface area contributed by atoms with Crippen molar-refractivity contribution in [1.29, 1.82) is 0 Å². The predicted octanol–water partition coefficient (Wildman–Crippen LogP) is 4.45. The maximum Gasteiger partial charge on any atom is 0.454 e. The van der Waals surface area contributed by atoms with Gasteiger partial charge in [-0.05, 0) is 75.0 Å². The summed E-state index contributed by atoms with van der Waals surface area (Å²) in [6, 6.07) is 7.14. The molecule has 7 nitrogen and oxygen atoms in total. The lowest BCUT2D eigenvalue weighted by Crippen LogP contribution is -2.49. The van der Waals surface area contributed by atoms with E-state index < -0.39 is 30.7 Å². The summed E-state index contributed by atoms with van der Waals surface area (Å²) in [4.78, 5) is 19.9. The molecule has 2 aliphatic heterocycles. The van der Waals surface area contributed by atoms with Crippen LogP contribution in [0, 0.1) is 11.7 Å². The second kappa shape index (κ2) is 12.3. The molecule has 0 radical (unpaired) electrons. The number of ether oxygens (including phenoxy) is 1. The number of alkyl halides is 5. The van der Waals surface area contributed by atoms with Gasteiger partial charge in [0.05, 0.1) is 25.0 Å². The Morgan fingerprint density at radius 3 is 2.42 bits per heavy atom. The van der Waals surface area contributed by atoms with Crippen LogP contribution >= 0.6 is 0 Å². The van der Waals surface area contributed by atoms with Crippen LogP contribution in [0.1, 0.15) is 42.5 Å². The minimum absolute atomic E-state index is 0.0127. The van der Waals surface area contributed by atoms with E-state index in [9.17, 15) is 36.2 Å². The maximum absolute atomic E-state index is 15.0. The van der Waals surface area contributed by atoms with Crippen molar-refractivity contribution in [3.8, 4) is 17.0 Å². The molecular weight excluding hydrogens is 542 g/mol. The quantitative estimate of drug-likeness (QED) is 0.340. The van der Waals surface area contributed by atoms with E-state index in [0.29, 0.717) is 30.8 Å². The zero-order valence-electron chi connectivity index (χ0n) is 21.7. The number of aliphatic hydroxyl groups excluding tert-OH is 1. The van der Waals surface area contributed by atoms with E-state index in [1.807, 2.05) is 0 Å². The van der Waals surface area contributed by atoms with Gasteiger partial charge in [0.15, 0.2) is 0 Å². The summed E-state index contributed by atoms with van der Waals surface area (Å²) in [6.45, 7) is -0.369. The standard InChI is InChI=1S/C27H32F6N4O3/c28-22-12-18(25(39)37-9-1-2-19(37)13-24(34)38)3-5-21(22)23-6-4-20(14-35-23)40-15-17-7-10-36(11-8-17)16-26(29,30)27(31,32)33/h3-6,12,14,17,19,24,38H,1-2,7-11,13,15-16,34H2. The first kappa shape index (κ1) is 30.1. The summed E-state index contributed by atoms with van der Waals surface area (Å²) in [7, 11) is 0. The molecular formula is C27H32F6N4O3. The summed E-state index contributed by atoms with van der Waals surface area (Å²) in [5.41, 5.74) is 6.18. The summed E-state index contributed by atoms with van der Waals surface area (Å²) >= 11 is 0. The molecule has 40 heavy (non-hydrogen) atoms. The van der Waals surface area contributed by atoms with Crippen LogP contribution < -0.4 is 10.5 Å². The van der Waals surface area contributed by atoms with Crippen molar-refractivity contribution >= 4 is 5.91 Å². The van der Waals surface area contributed by atoms with Crippen molar-refractivity contribution in [3.05, 3.63) is 47.9 Å². The van der Waals surface area contributed by atoms with Gasteiger partial charge in [0.1, 0.15) is 17.8 Å². The Labute approximate surface area is 227 Å². The molecule has 0 saturated carbocycles. The fourth-order valence-electron chi connectivity index (χ4n) is 5.17. The number of amides is 1. The molecule has 4 rings (SSSR count). The van der Waals surface area contributed by atoms with E-state index >= 15 is 0 Å². The monoisotopic (exact) mass is 574 g/mol. The lowest BCUT2D eigenvalue weighted by molar-refractivity contribution is -0.287. The molecule has 3 heterocycles. The highest BCUT2D eigenvalue weighted by Gasteiger charge is 2.58. The van der Waals surface area contributed by atoms with Crippen molar-refractivity contribution in [2.24, 2.45) is 11.7 Å². The molecule has 1 amide bonds. The van der Waals surface area contributed by atoms with Crippen LogP contribution in [-0.4, -0.2) is 83.0 Å². The minimum Gasteiger partial charge on any atom is -0.492 e. The van der Waals surface area contributed by atoms with E-state index in [1.54, 1.807) is 17.0 Å². The molecule has 2 unspecified atom stereocenters. The highest BCUT2D eigenvalue weighted by molar-refractivity contribution is 5.95. The van der Waals surface area contributed by atoms with Crippen LogP contribution in [0.25, 0.3) is 11.3 Å². The number of halogens is 6. The van der Waals surface area contributed by atoms with Gasteiger partial charge in [-0.15, -0.1) is 0 Å². The molecule has 0 spiro atoms. The molecule has 1 aromatic carbocycles. The second-order valence-electron chi connectivity index (χ2n) is 10.4. The molecule has 2 atom stereocenters.